The lowest BCUT2D eigenvalue weighted by Crippen LogP contribution is -2.75. The van der Waals surface area contributed by atoms with Gasteiger partial charge in [0.1, 0.15) is 11.6 Å². The number of piperazine rings is 1. The summed E-state index contributed by atoms with van der Waals surface area (Å²) in [6.07, 6.45) is 7.01. The topological polar surface area (TPSA) is 130 Å². The van der Waals surface area contributed by atoms with E-state index in [9.17, 15) is 24.3 Å². The standard InChI is InChI=1S/C36H48N4O6/c1-3-4-20-40-33(43)30(31(41)27-8-6-5-7-9-27)37-35(46)36(40)18-21-39(22-19-36)24-26-10-14-28(15-11-26)32(42)38(2)23-25-12-16-29(17-13-25)34(44)45/h10-17,27,30-31,41H,3-9,18-24H2,1-2H3,(H,37,46)(H,44,45)/t30-,31-/m1/s1. The quantitative estimate of drug-likeness (QED) is 0.341. The minimum atomic E-state index is -0.984. The van der Waals surface area contributed by atoms with E-state index in [4.69, 9.17) is 5.11 Å². The first kappa shape index (κ1) is 33.6. The molecular weight excluding hydrogens is 584 g/mol. The van der Waals surface area contributed by atoms with Crippen molar-refractivity contribution in [3.63, 3.8) is 0 Å². The lowest BCUT2D eigenvalue weighted by molar-refractivity contribution is -0.166. The van der Waals surface area contributed by atoms with Gasteiger partial charge in [-0.2, -0.15) is 0 Å². The van der Waals surface area contributed by atoms with Crippen molar-refractivity contribution in [2.24, 2.45) is 5.92 Å². The molecule has 2 heterocycles. The van der Waals surface area contributed by atoms with Crippen molar-refractivity contribution in [3.05, 3.63) is 70.8 Å². The van der Waals surface area contributed by atoms with E-state index in [1.54, 1.807) is 29.0 Å². The molecule has 3 aliphatic rings. The van der Waals surface area contributed by atoms with Gasteiger partial charge in [-0.15, -0.1) is 0 Å². The van der Waals surface area contributed by atoms with Crippen molar-refractivity contribution >= 4 is 23.7 Å². The van der Waals surface area contributed by atoms with Crippen LogP contribution in [0.1, 0.15) is 96.6 Å². The molecule has 10 nitrogen and oxygen atoms in total. The summed E-state index contributed by atoms with van der Waals surface area (Å²) in [5, 5.41) is 23.3. The highest BCUT2D eigenvalue weighted by Gasteiger charge is 2.55. The second kappa shape index (κ2) is 14.8. The first-order valence-electron chi connectivity index (χ1n) is 16.8. The Morgan fingerprint density at radius 1 is 0.957 bits per heavy atom. The van der Waals surface area contributed by atoms with Crippen LogP contribution in [0.3, 0.4) is 0 Å². The molecule has 3 amide bonds. The van der Waals surface area contributed by atoms with Gasteiger partial charge in [0.2, 0.25) is 11.8 Å². The van der Waals surface area contributed by atoms with Gasteiger partial charge in [0, 0.05) is 45.3 Å². The number of nitrogens with zero attached hydrogens (tertiary/aromatic N) is 3. The summed E-state index contributed by atoms with van der Waals surface area (Å²) in [7, 11) is 1.72. The number of carboxylic acid groups (broad SMARTS) is 1. The van der Waals surface area contributed by atoms with Crippen molar-refractivity contribution in [1.29, 1.82) is 0 Å². The highest BCUT2D eigenvalue weighted by molar-refractivity contribution is 6.00. The van der Waals surface area contributed by atoms with Crippen LogP contribution in [0.2, 0.25) is 0 Å². The average molecular weight is 633 g/mol. The highest BCUT2D eigenvalue weighted by Crippen LogP contribution is 2.36. The smallest absolute Gasteiger partial charge is 0.335 e. The molecule has 2 aromatic rings. The fraction of sp³-hybridized carbons (Fsp3) is 0.556. The Balaban J connectivity index is 1.18. The number of carbonyl (C=O) groups excluding carboxylic acids is 3. The van der Waals surface area contributed by atoms with Gasteiger partial charge >= 0.3 is 5.97 Å². The second-order valence-electron chi connectivity index (χ2n) is 13.4. The third-order valence-electron chi connectivity index (χ3n) is 10.2. The van der Waals surface area contributed by atoms with Crippen molar-refractivity contribution < 1.29 is 29.4 Å². The summed E-state index contributed by atoms with van der Waals surface area (Å²) >= 11 is 0. The predicted molar refractivity (Wildman–Crippen MR) is 174 cm³/mol. The van der Waals surface area contributed by atoms with E-state index >= 15 is 0 Å². The number of carboxylic acids is 1. The molecule has 1 saturated carbocycles. The molecule has 2 aromatic carbocycles. The summed E-state index contributed by atoms with van der Waals surface area (Å²) in [4.78, 5) is 57.5. The fourth-order valence-corrected chi connectivity index (χ4v) is 7.37. The molecule has 1 aliphatic carbocycles. The molecule has 3 fully saturated rings. The van der Waals surface area contributed by atoms with Crippen molar-refractivity contribution in [2.75, 3.05) is 26.7 Å². The molecule has 2 aliphatic heterocycles. The number of amides is 3. The van der Waals surface area contributed by atoms with Gasteiger partial charge in [0.15, 0.2) is 0 Å². The number of aromatic carboxylic acids is 1. The minimum absolute atomic E-state index is 0.0480. The van der Waals surface area contributed by atoms with Crippen LogP contribution in [0.4, 0.5) is 0 Å². The van der Waals surface area contributed by atoms with E-state index in [1.807, 2.05) is 24.3 Å². The van der Waals surface area contributed by atoms with Crippen LogP contribution in [0.15, 0.2) is 48.5 Å². The zero-order chi connectivity index (χ0) is 32.8. The van der Waals surface area contributed by atoms with Gasteiger partial charge in [0.25, 0.3) is 5.91 Å². The minimum Gasteiger partial charge on any atom is -0.478 e. The molecule has 0 bridgehead atoms. The Morgan fingerprint density at radius 3 is 2.17 bits per heavy atom. The monoisotopic (exact) mass is 632 g/mol. The van der Waals surface area contributed by atoms with E-state index in [-0.39, 0.29) is 29.2 Å². The number of piperidine rings is 1. The van der Waals surface area contributed by atoms with Crippen LogP contribution in [0, 0.1) is 5.92 Å². The van der Waals surface area contributed by atoms with Crippen LogP contribution in [-0.4, -0.2) is 93.0 Å². The van der Waals surface area contributed by atoms with Crippen LogP contribution < -0.4 is 5.32 Å². The molecule has 10 heteroatoms. The van der Waals surface area contributed by atoms with Gasteiger partial charge in [-0.25, -0.2) is 4.79 Å². The van der Waals surface area contributed by atoms with Crippen LogP contribution in [-0.2, 0) is 22.7 Å². The molecule has 0 unspecified atom stereocenters. The summed E-state index contributed by atoms with van der Waals surface area (Å²) in [5.41, 5.74) is 1.79. The number of hydrogen-bond donors (Lipinski definition) is 3. The van der Waals surface area contributed by atoms with Gasteiger partial charge < -0.3 is 25.3 Å². The maximum Gasteiger partial charge on any atom is 0.335 e. The van der Waals surface area contributed by atoms with Crippen LogP contribution in [0.5, 0.6) is 0 Å². The Hall–Kier alpha value is -3.76. The van der Waals surface area contributed by atoms with Gasteiger partial charge in [0.05, 0.1) is 11.7 Å². The van der Waals surface area contributed by atoms with Gasteiger partial charge in [-0.3, -0.25) is 19.3 Å². The Morgan fingerprint density at radius 2 is 1.57 bits per heavy atom. The molecule has 0 radical (unpaired) electrons. The molecule has 2 saturated heterocycles. The highest BCUT2D eigenvalue weighted by atomic mass is 16.4. The number of unbranched alkanes of at least 4 members (excludes halogenated alkanes) is 1. The largest absolute Gasteiger partial charge is 0.478 e. The lowest BCUT2D eigenvalue weighted by Gasteiger charge is -2.52. The number of benzene rings is 2. The summed E-state index contributed by atoms with van der Waals surface area (Å²) in [5.74, 6) is -1.33. The molecule has 46 heavy (non-hydrogen) atoms. The third kappa shape index (κ3) is 7.28. The molecule has 1 spiro atoms. The fourth-order valence-electron chi connectivity index (χ4n) is 7.37. The number of aliphatic hydroxyl groups excluding tert-OH is 1. The number of hydrogen-bond acceptors (Lipinski definition) is 6. The first-order chi connectivity index (χ1) is 22.1. The van der Waals surface area contributed by atoms with Gasteiger partial charge in [-0.05, 0) is 73.4 Å². The van der Waals surface area contributed by atoms with Crippen LogP contribution >= 0.6 is 0 Å². The zero-order valence-corrected chi connectivity index (χ0v) is 27.1. The number of aliphatic hydroxyl groups is 1. The van der Waals surface area contributed by atoms with E-state index in [2.05, 4.69) is 17.1 Å². The Kier molecular flexibility index (Phi) is 10.8. The summed E-state index contributed by atoms with van der Waals surface area (Å²) in [6, 6.07) is 13.2. The van der Waals surface area contributed by atoms with Crippen molar-refractivity contribution in [1.82, 2.24) is 20.0 Å². The van der Waals surface area contributed by atoms with E-state index in [1.165, 1.54) is 12.1 Å². The molecule has 248 valence electrons. The van der Waals surface area contributed by atoms with E-state index < -0.39 is 23.7 Å². The average Bonchev–Trinajstić information content (AvgIpc) is 3.07. The Bertz CT molecular complexity index is 1380. The van der Waals surface area contributed by atoms with Gasteiger partial charge in [-0.1, -0.05) is 56.9 Å². The molecule has 0 aromatic heterocycles. The van der Waals surface area contributed by atoms with E-state index in [0.29, 0.717) is 51.1 Å². The van der Waals surface area contributed by atoms with Crippen LogP contribution in [0.25, 0.3) is 0 Å². The number of rotatable bonds is 11. The predicted octanol–water partition coefficient (Wildman–Crippen LogP) is 4.06. The Labute approximate surface area is 271 Å². The number of likely N-dealkylation sites (tertiary alicyclic amines) is 1. The van der Waals surface area contributed by atoms with E-state index in [0.717, 1.165) is 56.1 Å². The number of nitrogens with one attached hydrogen (secondary N) is 1. The molecule has 2 atom stereocenters. The second-order valence-corrected chi connectivity index (χ2v) is 13.4. The molecule has 5 rings (SSSR count). The first-order valence-corrected chi connectivity index (χ1v) is 16.8. The lowest BCUT2D eigenvalue weighted by atomic mass is 9.78. The maximum atomic E-state index is 13.9. The van der Waals surface area contributed by atoms with Crippen molar-refractivity contribution in [3.8, 4) is 0 Å². The maximum absolute atomic E-state index is 13.9. The molecular formula is C36H48N4O6. The normalized spacial score (nSPS) is 21.2. The summed E-state index contributed by atoms with van der Waals surface area (Å²) < 4.78 is 0. The molecule has 3 N–H and O–H groups in total. The zero-order valence-electron chi connectivity index (χ0n) is 27.1. The number of carbonyl (C=O) groups is 4. The summed E-state index contributed by atoms with van der Waals surface area (Å²) in [6.45, 7) is 4.95. The van der Waals surface area contributed by atoms with Crippen molar-refractivity contribution in [2.45, 2.75) is 95.5 Å². The third-order valence-corrected chi connectivity index (χ3v) is 10.2. The SMILES string of the molecule is CCCCN1C(=O)[C@@H]([C@H](O)C2CCCCC2)NC(=O)C12CCN(Cc1ccc(C(=O)N(C)Cc3ccc(C(=O)O)cc3)cc1)CC2.